The van der Waals surface area contributed by atoms with E-state index in [1.807, 2.05) is 0 Å². The monoisotopic (exact) mass is 284 g/mol. The molecule has 2 rings (SSSR count). The maximum atomic E-state index is 12.4. The van der Waals surface area contributed by atoms with Crippen molar-refractivity contribution in [3.63, 3.8) is 0 Å². The van der Waals surface area contributed by atoms with Crippen molar-refractivity contribution in [3.05, 3.63) is 30.3 Å². The van der Waals surface area contributed by atoms with Gasteiger partial charge in [0.25, 0.3) is 0 Å². The molecule has 1 fully saturated rings. The minimum Gasteiger partial charge on any atom is -0.393 e. The molecule has 0 radical (unpaired) electrons. The van der Waals surface area contributed by atoms with Crippen LogP contribution in [0, 0.1) is 5.92 Å². The molecule has 1 aromatic rings. The lowest BCUT2D eigenvalue weighted by molar-refractivity contribution is 0.312. The predicted molar refractivity (Wildman–Crippen MR) is 74.7 cm³/mol. The zero-order chi connectivity index (χ0) is 13.2. The van der Waals surface area contributed by atoms with Gasteiger partial charge in [0.15, 0.2) is 0 Å². The van der Waals surface area contributed by atoms with E-state index >= 15 is 0 Å². The van der Waals surface area contributed by atoms with Crippen molar-refractivity contribution >= 4 is 27.2 Å². The molecule has 4 nitrogen and oxygen atoms in total. The lowest BCUT2D eigenvalue weighted by atomic mass is 10.0. The van der Waals surface area contributed by atoms with E-state index in [-0.39, 0.29) is 5.92 Å². The lowest BCUT2D eigenvalue weighted by Gasteiger charge is -2.31. The Bertz CT molecular complexity index is 528. The molecule has 1 heterocycles. The van der Waals surface area contributed by atoms with Crippen molar-refractivity contribution in [3.8, 4) is 0 Å². The number of hydrogen-bond donors (Lipinski definition) is 1. The average Bonchev–Trinajstić information content (AvgIpc) is 2.40. The van der Waals surface area contributed by atoms with Crippen LogP contribution in [-0.4, -0.2) is 30.8 Å². The van der Waals surface area contributed by atoms with Gasteiger partial charge in [0, 0.05) is 19.0 Å². The second kappa shape index (κ2) is 5.34. The van der Waals surface area contributed by atoms with Crippen LogP contribution in [0.4, 0.5) is 0 Å². The Labute approximate surface area is 113 Å². The van der Waals surface area contributed by atoms with Crippen molar-refractivity contribution < 1.29 is 8.42 Å². The molecule has 0 amide bonds. The fraction of sp³-hybridized carbons (Fsp3) is 0.417. The summed E-state index contributed by atoms with van der Waals surface area (Å²) < 4.78 is 26.3. The van der Waals surface area contributed by atoms with Crippen LogP contribution in [-0.2, 0) is 10.0 Å². The molecule has 98 valence electrons. The number of benzene rings is 1. The number of hydrogen-bond acceptors (Lipinski definition) is 3. The molecule has 1 atom stereocenters. The Morgan fingerprint density at radius 1 is 1.33 bits per heavy atom. The Kier molecular flexibility index (Phi) is 3.99. The third-order valence-electron chi connectivity index (χ3n) is 3.17. The summed E-state index contributed by atoms with van der Waals surface area (Å²) in [4.78, 5) is 0.733. The molecule has 1 saturated heterocycles. The van der Waals surface area contributed by atoms with Gasteiger partial charge >= 0.3 is 0 Å². The Morgan fingerprint density at radius 3 is 2.61 bits per heavy atom. The van der Waals surface area contributed by atoms with Crippen molar-refractivity contribution in [1.82, 2.24) is 4.31 Å². The van der Waals surface area contributed by atoms with Crippen molar-refractivity contribution in [2.45, 2.75) is 17.7 Å². The molecule has 0 aromatic heterocycles. The highest BCUT2D eigenvalue weighted by Crippen LogP contribution is 2.23. The quantitative estimate of drug-likeness (QED) is 0.852. The van der Waals surface area contributed by atoms with Gasteiger partial charge in [0.05, 0.1) is 9.88 Å². The first-order valence-corrected chi connectivity index (χ1v) is 7.71. The molecule has 1 aromatic carbocycles. The van der Waals surface area contributed by atoms with Gasteiger partial charge < -0.3 is 5.73 Å². The smallest absolute Gasteiger partial charge is 0.243 e. The van der Waals surface area contributed by atoms with Crippen molar-refractivity contribution in [2.75, 3.05) is 13.1 Å². The van der Waals surface area contributed by atoms with E-state index in [9.17, 15) is 8.42 Å². The van der Waals surface area contributed by atoms with E-state index in [4.69, 9.17) is 18.0 Å². The number of piperidine rings is 1. The third-order valence-corrected chi connectivity index (χ3v) is 5.38. The molecule has 0 aliphatic carbocycles. The Balaban J connectivity index is 2.23. The highest BCUT2D eigenvalue weighted by atomic mass is 32.2. The molecule has 1 aliphatic heterocycles. The van der Waals surface area contributed by atoms with Crippen LogP contribution >= 0.6 is 12.2 Å². The van der Waals surface area contributed by atoms with Crippen LogP contribution in [0.2, 0.25) is 0 Å². The summed E-state index contributed by atoms with van der Waals surface area (Å²) in [5.41, 5.74) is 5.62. The summed E-state index contributed by atoms with van der Waals surface area (Å²) in [7, 11) is -3.41. The van der Waals surface area contributed by atoms with Gasteiger partial charge in [-0.25, -0.2) is 8.42 Å². The van der Waals surface area contributed by atoms with E-state index in [0.29, 0.717) is 23.0 Å². The molecule has 2 N–H and O–H groups in total. The molecule has 0 saturated carbocycles. The fourth-order valence-electron chi connectivity index (χ4n) is 2.13. The summed E-state index contributed by atoms with van der Waals surface area (Å²) >= 11 is 4.96. The number of rotatable bonds is 3. The van der Waals surface area contributed by atoms with Gasteiger partial charge in [-0.3, -0.25) is 0 Å². The highest BCUT2D eigenvalue weighted by molar-refractivity contribution is 7.89. The standard InChI is InChI=1S/C12H16N2O2S2/c13-12(17)10-5-4-8-14(9-10)18(15,16)11-6-2-1-3-7-11/h1-3,6-7,10H,4-5,8-9H2,(H2,13,17). The van der Waals surface area contributed by atoms with Gasteiger partial charge in [-0.15, -0.1) is 0 Å². The molecule has 6 heteroatoms. The van der Waals surface area contributed by atoms with E-state index in [0.717, 1.165) is 12.8 Å². The average molecular weight is 284 g/mol. The first-order valence-electron chi connectivity index (χ1n) is 5.86. The first-order chi connectivity index (χ1) is 8.51. The molecular weight excluding hydrogens is 268 g/mol. The fourth-order valence-corrected chi connectivity index (χ4v) is 3.87. The lowest BCUT2D eigenvalue weighted by Crippen LogP contribution is -2.43. The molecule has 18 heavy (non-hydrogen) atoms. The van der Waals surface area contributed by atoms with E-state index < -0.39 is 10.0 Å². The number of nitrogens with two attached hydrogens (primary N) is 1. The highest BCUT2D eigenvalue weighted by Gasteiger charge is 2.30. The van der Waals surface area contributed by atoms with Crippen LogP contribution in [0.3, 0.4) is 0 Å². The Hall–Kier alpha value is -0.980. The van der Waals surface area contributed by atoms with Crippen LogP contribution < -0.4 is 5.73 Å². The molecular formula is C12H16N2O2S2. The Morgan fingerprint density at radius 2 is 2.00 bits per heavy atom. The second-order valence-electron chi connectivity index (χ2n) is 4.42. The summed E-state index contributed by atoms with van der Waals surface area (Å²) in [5, 5.41) is 0. The van der Waals surface area contributed by atoms with Crippen molar-refractivity contribution in [2.24, 2.45) is 11.7 Å². The summed E-state index contributed by atoms with van der Waals surface area (Å²) in [6.45, 7) is 0.933. The van der Waals surface area contributed by atoms with Crippen molar-refractivity contribution in [1.29, 1.82) is 0 Å². The number of thiocarbonyl (C=S) groups is 1. The van der Waals surface area contributed by atoms with Gasteiger partial charge in [-0.1, -0.05) is 30.4 Å². The maximum Gasteiger partial charge on any atom is 0.243 e. The predicted octanol–water partition coefficient (Wildman–Crippen LogP) is 1.37. The molecule has 1 aliphatic rings. The van der Waals surface area contributed by atoms with Crippen LogP contribution in [0.1, 0.15) is 12.8 Å². The minimum atomic E-state index is -3.41. The normalized spacial score (nSPS) is 21.7. The van der Waals surface area contributed by atoms with Gasteiger partial charge in [0.1, 0.15) is 0 Å². The van der Waals surface area contributed by atoms with Crippen LogP contribution in [0.25, 0.3) is 0 Å². The van der Waals surface area contributed by atoms with E-state index in [1.54, 1.807) is 30.3 Å². The SMILES string of the molecule is NC(=S)C1CCCN(S(=O)(=O)c2ccccc2)C1. The van der Waals surface area contributed by atoms with Crippen LogP contribution in [0.15, 0.2) is 35.2 Å². The first kappa shape index (κ1) is 13.5. The second-order valence-corrected chi connectivity index (χ2v) is 6.83. The third kappa shape index (κ3) is 2.71. The zero-order valence-electron chi connectivity index (χ0n) is 9.95. The number of nitrogens with zero attached hydrogens (tertiary/aromatic N) is 1. The van der Waals surface area contributed by atoms with Gasteiger partial charge in [0.2, 0.25) is 10.0 Å². The van der Waals surface area contributed by atoms with E-state index in [1.165, 1.54) is 4.31 Å². The molecule has 0 spiro atoms. The largest absolute Gasteiger partial charge is 0.393 e. The maximum absolute atomic E-state index is 12.4. The number of sulfonamides is 1. The summed E-state index contributed by atoms with van der Waals surface area (Å²) in [6, 6.07) is 8.47. The summed E-state index contributed by atoms with van der Waals surface area (Å²) in [5.74, 6) is -0.00719. The van der Waals surface area contributed by atoms with E-state index in [2.05, 4.69) is 0 Å². The zero-order valence-corrected chi connectivity index (χ0v) is 11.6. The minimum absolute atomic E-state index is 0.00719. The topological polar surface area (TPSA) is 63.4 Å². The van der Waals surface area contributed by atoms with Gasteiger partial charge in [-0.05, 0) is 25.0 Å². The molecule has 1 unspecified atom stereocenters. The van der Waals surface area contributed by atoms with Gasteiger partial charge in [-0.2, -0.15) is 4.31 Å². The molecule has 0 bridgehead atoms. The van der Waals surface area contributed by atoms with Crippen LogP contribution in [0.5, 0.6) is 0 Å². The summed E-state index contributed by atoms with van der Waals surface area (Å²) in [6.07, 6.45) is 1.67.